The highest BCUT2D eigenvalue weighted by Gasteiger charge is 2.27. The molecular weight excluding hydrogens is 350 g/mol. The number of para-hydroxylation sites is 1. The fourth-order valence-corrected chi connectivity index (χ4v) is 3.56. The number of hydrogen-bond acceptors (Lipinski definition) is 3. The zero-order valence-electron chi connectivity index (χ0n) is 16.3. The predicted molar refractivity (Wildman–Crippen MR) is 109 cm³/mol. The third kappa shape index (κ3) is 3.93. The molecule has 0 spiro atoms. The standard InChI is InChI=1S/C23H25N3O2/c1-16-10-11-18(13-17(16)2)21-14-22(25-24-21)23(27)26-12-6-9-20(15-26)28-19-7-4-3-5-8-19/h3-5,7-8,10-11,13-14,20H,6,9,12,15H2,1-2H3,(H,24,25). The number of carbonyl (C=O) groups excluding carboxylic acids is 1. The lowest BCUT2D eigenvalue weighted by molar-refractivity contribution is 0.0532. The Morgan fingerprint density at radius 3 is 2.71 bits per heavy atom. The van der Waals surface area contributed by atoms with Gasteiger partial charge in [0, 0.05) is 12.1 Å². The van der Waals surface area contributed by atoms with Gasteiger partial charge in [0.2, 0.25) is 0 Å². The molecule has 1 atom stereocenters. The van der Waals surface area contributed by atoms with E-state index in [0.717, 1.165) is 36.4 Å². The highest BCUT2D eigenvalue weighted by molar-refractivity contribution is 5.93. The van der Waals surface area contributed by atoms with Crippen LogP contribution >= 0.6 is 0 Å². The van der Waals surface area contributed by atoms with Gasteiger partial charge < -0.3 is 9.64 Å². The van der Waals surface area contributed by atoms with Crippen molar-refractivity contribution in [1.29, 1.82) is 0 Å². The SMILES string of the molecule is Cc1ccc(-c2cc(C(=O)N3CCCC(Oc4ccccc4)C3)[nH]n2)cc1C. The number of H-pyrrole nitrogens is 1. The van der Waals surface area contributed by atoms with Crippen molar-refractivity contribution in [3.63, 3.8) is 0 Å². The Morgan fingerprint density at radius 1 is 1.11 bits per heavy atom. The van der Waals surface area contributed by atoms with Gasteiger partial charge in [-0.25, -0.2) is 0 Å². The van der Waals surface area contributed by atoms with E-state index in [2.05, 4.69) is 36.2 Å². The predicted octanol–water partition coefficient (Wildman–Crippen LogP) is 4.38. The average molecular weight is 375 g/mol. The van der Waals surface area contributed by atoms with Crippen LogP contribution in [0.4, 0.5) is 0 Å². The first-order valence-electron chi connectivity index (χ1n) is 9.74. The minimum absolute atomic E-state index is 0.0160. The van der Waals surface area contributed by atoms with Crippen LogP contribution in [-0.4, -0.2) is 40.2 Å². The van der Waals surface area contributed by atoms with Gasteiger partial charge in [-0.2, -0.15) is 5.10 Å². The molecule has 5 heteroatoms. The van der Waals surface area contributed by atoms with Crippen molar-refractivity contribution in [3.05, 3.63) is 71.4 Å². The number of nitrogens with zero attached hydrogens (tertiary/aromatic N) is 2. The van der Waals surface area contributed by atoms with E-state index < -0.39 is 0 Å². The maximum atomic E-state index is 13.0. The van der Waals surface area contributed by atoms with Crippen molar-refractivity contribution in [2.45, 2.75) is 32.8 Å². The Hall–Kier alpha value is -3.08. The van der Waals surface area contributed by atoms with Gasteiger partial charge in [-0.1, -0.05) is 30.3 Å². The van der Waals surface area contributed by atoms with Gasteiger partial charge in [-0.05, 0) is 62.1 Å². The second-order valence-corrected chi connectivity index (χ2v) is 7.41. The molecule has 28 heavy (non-hydrogen) atoms. The summed E-state index contributed by atoms with van der Waals surface area (Å²) >= 11 is 0. The molecule has 3 aromatic rings. The molecule has 1 aliphatic rings. The maximum Gasteiger partial charge on any atom is 0.272 e. The van der Waals surface area contributed by atoms with Crippen LogP contribution in [0.3, 0.4) is 0 Å². The summed E-state index contributed by atoms with van der Waals surface area (Å²) < 4.78 is 6.05. The van der Waals surface area contributed by atoms with E-state index in [1.165, 1.54) is 11.1 Å². The first kappa shape index (κ1) is 18.3. The summed E-state index contributed by atoms with van der Waals surface area (Å²) in [4.78, 5) is 14.8. The van der Waals surface area contributed by atoms with Crippen LogP contribution in [-0.2, 0) is 0 Å². The fourth-order valence-electron chi connectivity index (χ4n) is 3.56. The second-order valence-electron chi connectivity index (χ2n) is 7.41. The van der Waals surface area contributed by atoms with Crippen molar-refractivity contribution in [2.24, 2.45) is 0 Å². The largest absolute Gasteiger partial charge is 0.489 e. The number of aromatic amines is 1. The number of benzene rings is 2. The Balaban J connectivity index is 1.45. The van der Waals surface area contributed by atoms with Crippen molar-refractivity contribution in [2.75, 3.05) is 13.1 Å². The minimum Gasteiger partial charge on any atom is -0.489 e. The van der Waals surface area contributed by atoms with Crippen LogP contribution in [0.2, 0.25) is 0 Å². The fraction of sp³-hybridized carbons (Fsp3) is 0.304. The Bertz CT molecular complexity index is 965. The first-order valence-corrected chi connectivity index (χ1v) is 9.74. The minimum atomic E-state index is -0.0241. The highest BCUT2D eigenvalue weighted by Crippen LogP contribution is 2.23. The molecule has 2 aromatic carbocycles. The number of amides is 1. The Morgan fingerprint density at radius 2 is 1.93 bits per heavy atom. The second kappa shape index (κ2) is 7.89. The summed E-state index contributed by atoms with van der Waals surface area (Å²) in [6, 6.07) is 17.8. The van der Waals surface area contributed by atoms with Crippen LogP contribution in [0.25, 0.3) is 11.3 Å². The number of hydrogen-bond donors (Lipinski definition) is 1. The topological polar surface area (TPSA) is 58.2 Å². The van der Waals surface area contributed by atoms with Crippen LogP contribution in [0.5, 0.6) is 5.75 Å². The summed E-state index contributed by atoms with van der Waals surface area (Å²) in [7, 11) is 0. The zero-order valence-corrected chi connectivity index (χ0v) is 16.3. The van der Waals surface area contributed by atoms with E-state index >= 15 is 0 Å². The van der Waals surface area contributed by atoms with Crippen molar-refractivity contribution < 1.29 is 9.53 Å². The normalized spacial score (nSPS) is 16.8. The number of nitrogens with one attached hydrogen (secondary N) is 1. The number of carbonyl (C=O) groups is 1. The van der Waals surface area contributed by atoms with Crippen molar-refractivity contribution >= 4 is 5.91 Å². The number of rotatable bonds is 4. The number of piperidine rings is 1. The highest BCUT2D eigenvalue weighted by atomic mass is 16.5. The lowest BCUT2D eigenvalue weighted by Gasteiger charge is -2.32. The molecule has 5 nitrogen and oxygen atoms in total. The molecule has 1 aromatic heterocycles. The summed E-state index contributed by atoms with van der Waals surface area (Å²) in [6.45, 7) is 5.50. The van der Waals surface area contributed by atoms with Crippen LogP contribution in [0.1, 0.15) is 34.5 Å². The van der Waals surface area contributed by atoms with Crippen molar-refractivity contribution in [3.8, 4) is 17.0 Å². The molecule has 1 saturated heterocycles. The zero-order chi connectivity index (χ0) is 19.5. The number of likely N-dealkylation sites (tertiary alicyclic amines) is 1. The Labute approximate surface area is 165 Å². The molecule has 1 amide bonds. The monoisotopic (exact) mass is 375 g/mol. The van der Waals surface area contributed by atoms with Gasteiger partial charge in [0.1, 0.15) is 17.5 Å². The molecule has 0 aliphatic carbocycles. The quantitative estimate of drug-likeness (QED) is 0.736. The molecule has 4 rings (SSSR count). The van der Waals surface area contributed by atoms with E-state index in [4.69, 9.17) is 4.74 Å². The van der Waals surface area contributed by atoms with E-state index in [-0.39, 0.29) is 12.0 Å². The van der Waals surface area contributed by atoms with Crippen molar-refractivity contribution in [1.82, 2.24) is 15.1 Å². The molecule has 0 bridgehead atoms. The van der Waals surface area contributed by atoms with Gasteiger partial charge in [0.15, 0.2) is 0 Å². The summed E-state index contributed by atoms with van der Waals surface area (Å²) in [5.74, 6) is 0.823. The van der Waals surface area contributed by atoms with Gasteiger partial charge >= 0.3 is 0 Å². The van der Waals surface area contributed by atoms with Gasteiger partial charge in [0.25, 0.3) is 5.91 Å². The van der Waals surface area contributed by atoms with Crippen LogP contribution in [0, 0.1) is 13.8 Å². The molecule has 1 fully saturated rings. The lowest BCUT2D eigenvalue weighted by atomic mass is 10.0. The molecule has 0 saturated carbocycles. The third-order valence-electron chi connectivity index (χ3n) is 5.32. The summed E-state index contributed by atoms with van der Waals surface area (Å²) in [5, 5.41) is 7.27. The van der Waals surface area contributed by atoms with Crippen LogP contribution in [0.15, 0.2) is 54.6 Å². The summed E-state index contributed by atoms with van der Waals surface area (Å²) in [6.07, 6.45) is 1.90. The molecule has 2 heterocycles. The third-order valence-corrected chi connectivity index (χ3v) is 5.32. The molecule has 1 unspecified atom stereocenters. The van der Waals surface area contributed by atoms with Gasteiger partial charge in [-0.15, -0.1) is 0 Å². The number of aryl methyl sites for hydroxylation is 2. The van der Waals surface area contributed by atoms with E-state index in [9.17, 15) is 4.79 Å². The number of ether oxygens (including phenoxy) is 1. The first-order chi connectivity index (χ1) is 13.6. The van der Waals surface area contributed by atoms with Crippen LogP contribution < -0.4 is 4.74 Å². The smallest absolute Gasteiger partial charge is 0.272 e. The molecule has 1 aliphatic heterocycles. The van der Waals surface area contributed by atoms with E-state index in [1.54, 1.807) is 0 Å². The van der Waals surface area contributed by atoms with E-state index in [0.29, 0.717) is 12.2 Å². The van der Waals surface area contributed by atoms with E-state index in [1.807, 2.05) is 47.4 Å². The van der Waals surface area contributed by atoms with Gasteiger partial charge in [-0.3, -0.25) is 9.89 Å². The van der Waals surface area contributed by atoms with Gasteiger partial charge in [0.05, 0.1) is 12.2 Å². The summed E-state index contributed by atoms with van der Waals surface area (Å²) in [5.41, 5.74) is 4.79. The number of aromatic nitrogens is 2. The molecule has 1 N–H and O–H groups in total. The molecular formula is C23H25N3O2. The Kier molecular flexibility index (Phi) is 5.15. The lowest BCUT2D eigenvalue weighted by Crippen LogP contribution is -2.44. The average Bonchev–Trinajstić information content (AvgIpc) is 3.21. The molecule has 144 valence electrons. The molecule has 0 radical (unpaired) electrons. The maximum absolute atomic E-state index is 13.0.